The van der Waals surface area contributed by atoms with Crippen molar-refractivity contribution in [3.8, 4) is 11.5 Å². The number of thiazole rings is 1. The zero-order chi connectivity index (χ0) is 18.1. The van der Waals surface area contributed by atoms with Gasteiger partial charge in [0.1, 0.15) is 6.61 Å². The molecule has 0 bridgehead atoms. The zero-order valence-corrected chi connectivity index (χ0v) is 15.6. The van der Waals surface area contributed by atoms with E-state index in [0.717, 1.165) is 17.7 Å². The van der Waals surface area contributed by atoms with Gasteiger partial charge in [0.25, 0.3) is 5.91 Å². The standard InChI is InChI=1S/C20H20N2O3S/c1-3-13-8-7-11-17-18(13)22(4-2)20(26-17)21-19(23)16-12-24-14-9-5-6-10-15(14)25-16/h5-11,16H,3-4,12H2,1-2H3/t16-/m1/s1. The van der Waals surface area contributed by atoms with E-state index < -0.39 is 6.10 Å². The Kier molecular flexibility index (Phi) is 4.51. The van der Waals surface area contributed by atoms with Gasteiger partial charge in [0.2, 0.25) is 6.10 Å². The molecule has 1 aliphatic heterocycles. The molecule has 0 radical (unpaired) electrons. The van der Waals surface area contributed by atoms with Crippen molar-refractivity contribution >= 4 is 27.5 Å². The first-order valence-electron chi connectivity index (χ1n) is 8.79. The summed E-state index contributed by atoms with van der Waals surface area (Å²) in [4.78, 5) is 17.8. The Morgan fingerprint density at radius 3 is 2.77 bits per heavy atom. The number of carbonyl (C=O) groups excluding carboxylic acids is 1. The Morgan fingerprint density at radius 2 is 2.00 bits per heavy atom. The Bertz CT molecular complexity index is 1030. The van der Waals surface area contributed by atoms with Crippen LogP contribution in [-0.4, -0.2) is 23.2 Å². The third kappa shape index (κ3) is 2.90. The van der Waals surface area contributed by atoms with Gasteiger partial charge in [0, 0.05) is 6.54 Å². The Balaban J connectivity index is 1.71. The Hall–Kier alpha value is -2.60. The lowest BCUT2D eigenvalue weighted by Crippen LogP contribution is -2.36. The van der Waals surface area contributed by atoms with Gasteiger partial charge in [-0.05, 0) is 37.1 Å². The monoisotopic (exact) mass is 368 g/mol. The molecular formula is C20H20N2O3S. The summed E-state index contributed by atoms with van der Waals surface area (Å²) >= 11 is 1.54. The molecule has 4 rings (SSSR count). The summed E-state index contributed by atoms with van der Waals surface area (Å²) in [5.74, 6) is 0.932. The van der Waals surface area contributed by atoms with E-state index in [1.807, 2.05) is 18.2 Å². The smallest absolute Gasteiger partial charge is 0.292 e. The van der Waals surface area contributed by atoms with Crippen LogP contribution in [0.2, 0.25) is 0 Å². The average Bonchev–Trinajstić information content (AvgIpc) is 3.04. The second-order valence-electron chi connectivity index (χ2n) is 6.06. The SMILES string of the molecule is CCc1cccc2sc(=NC(=O)[C@H]3COc4ccccc4O3)n(CC)c12. The van der Waals surface area contributed by atoms with Gasteiger partial charge >= 0.3 is 0 Å². The number of carbonyl (C=O) groups is 1. The molecule has 2 heterocycles. The van der Waals surface area contributed by atoms with Gasteiger partial charge in [0.15, 0.2) is 16.3 Å². The minimum absolute atomic E-state index is 0.177. The summed E-state index contributed by atoms with van der Waals surface area (Å²) in [6.45, 7) is 5.14. The highest BCUT2D eigenvalue weighted by atomic mass is 32.1. The van der Waals surface area contributed by atoms with Crippen molar-refractivity contribution in [2.24, 2.45) is 4.99 Å². The highest BCUT2D eigenvalue weighted by Gasteiger charge is 2.27. The minimum Gasteiger partial charge on any atom is -0.485 e. The number of benzene rings is 2. The average molecular weight is 368 g/mol. The topological polar surface area (TPSA) is 52.8 Å². The molecule has 0 aliphatic carbocycles. The number of hydrogen-bond donors (Lipinski definition) is 0. The summed E-state index contributed by atoms with van der Waals surface area (Å²) in [5, 5.41) is 0. The lowest BCUT2D eigenvalue weighted by atomic mass is 10.1. The molecular weight excluding hydrogens is 348 g/mol. The van der Waals surface area contributed by atoms with Crippen molar-refractivity contribution in [1.82, 2.24) is 4.57 Å². The molecule has 0 saturated carbocycles. The maximum atomic E-state index is 12.7. The van der Waals surface area contributed by atoms with Crippen molar-refractivity contribution in [2.75, 3.05) is 6.61 Å². The van der Waals surface area contributed by atoms with Gasteiger partial charge < -0.3 is 14.0 Å². The molecule has 134 valence electrons. The van der Waals surface area contributed by atoms with E-state index in [1.54, 1.807) is 6.07 Å². The number of rotatable bonds is 3. The molecule has 26 heavy (non-hydrogen) atoms. The van der Waals surface area contributed by atoms with Gasteiger partial charge in [-0.2, -0.15) is 4.99 Å². The van der Waals surface area contributed by atoms with E-state index >= 15 is 0 Å². The predicted octanol–water partition coefficient (Wildman–Crippen LogP) is 3.55. The third-order valence-corrected chi connectivity index (χ3v) is 5.52. The maximum absolute atomic E-state index is 12.7. The van der Waals surface area contributed by atoms with E-state index in [0.29, 0.717) is 16.3 Å². The summed E-state index contributed by atoms with van der Waals surface area (Å²) < 4.78 is 14.7. The molecule has 1 amide bonds. The van der Waals surface area contributed by atoms with Crippen LogP contribution in [-0.2, 0) is 17.8 Å². The lowest BCUT2D eigenvalue weighted by molar-refractivity contribution is -0.127. The first-order valence-corrected chi connectivity index (χ1v) is 9.61. The number of amides is 1. The van der Waals surface area contributed by atoms with Crippen molar-refractivity contribution in [2.45, 2.75) is 32.9 Å². The normalized spacial score (nSPS) is 16.8. The van der Waals surface area contributed by atoms with Crippen molar-refractivity contribution in [3.63, 3.8) is 0 Å². The molecule has 0 saturated heterocycles. The highest BCUT2D eigenvalue weighted by Crippen LogP contribution is 2.31. The maximum Gasteiger partial charge on any atom is 0.292 e. The number of nitrogens with zero attached hydrogens (tertiary/aromatic N) is 2. The summed E-state index contributed by atoms with van der Waals surface area (Å²) in [6.07, 6.45) is 0.226. The largest absolute Gasteiger partial charge is 0.485 e. The molecule has 5 nitrogen and oxygen atoms in total. The van der Waals surface area contributed by atoms with Crippen LogP contribution in [0, 0.1) is 0 Å². The van der Waals surface area contributed by atoms with E-state index in [2.05, 4.69) is 41.6 Å². The fourth-order valence-corrected chi connectivity index (χ4v) is 4.32. The molecule has 0 fully saturated rings. The number of aryl methyl sites for hydroxylation is 2. The number of ether oxygens (including phenoxy) is 2. The van der Waals surface area contributed by atoms with Gasteiger partial charge in [-0.25, -0.2) is 0 Å². The van der Waals surface area contributed by atoms with Crippen LogP contribution in [0.4, 0.5) is 0 Å². The second kappa shape index (κ2) is 6.96. The number of hydrogen-bond acceptors (Lipinski definition) is 4. The van der Waals surface area contributed by atoms with Crippen LogP contribution >= 0.6 is 11.3 Å². The fraction of sp³-hybridized carbons (Fsp3) is 0.300. The first-order chi connectivity index (χ1) is 12.7. The van der Waals surface area contributed by atoms with E-state index in [4.69, 9.17) is 9.47 Å². The van der Waals surface area contributed by atoms with E-state index in [-0.39, 0.29) is 12.5 Å². The number of fused-ring (bicyclic) bond motifs is 2. The lowest BCUT2D eigenvalue weighted by Gasteiger charge is -2.23. The molecule has 0 unspecified atom stereocenters. The third-order valence-electron chi connectivity index (χ3n) is 4.47. The van der Waals surface area contributed by atoms with Crippen molar-refractivity contribution < 1.29 is 14.3 Å². The molecule has 2 aromatic carbocycles. The summed E-state index contributed by atoms with van der Waals surface area (Å²) in [5.41, 5.74) is 2.43. The van der Waals surface area contributed by atoms with Crippen LogP contribution in [0.3, 0.4) is 0 Å². The van der Waals surface area contributed by atoms with Gasteiger partial charge in [-0.1, -0.05) is 42.5 Å². The van der Waals surface area contributed by atoms with Crippen LogP contribution in [0.5, 0.6) is 11.5 Å². The van der Waals surface area contributed by atoms with Crippen LogP contribution in [0.25, 0.3) is 10.2 Å². The van der Waals surface area contributed by atoms with Crippen LogP contribution in [0.1, 0.15) is 19.4 Å². The van der Waals surface area contributed by atoms with Gasteiger partial charge in [-0.3, -0.25) is 4.79 Å². The molecule has 0 spiro atoms. The van der Waals surface area contributed by atoms with Crippen molar-refractivity contribution in [3.05, 3.63) is 52.8 Å². The molecule has 0 N–H and O–H groups in total. The molecule has 3 aromatic rings. The minimum atomic E-state index is -0.717. The molecule has 1 aromatic heterocycles. The van der Waals surface area contributed by atoms with Gasteiger partial charge in [-0.15, -0.1) is 0 Å². The zero-order valence-electron chi connectivity index (χ0n) is 14.8. The Morgan fingerprint density at radius 1 is 1.19 bits per heavy atom. The molecule has 1 atom stereocenters. The first kappa shape index (κ1) is 16.8. The van der Waals surface area contributed by atoms with Gasteiger partial charge in [0.05, 0.1) is 10.2 Å². The molecule has 1 aliphatic rings. The fourth-order valence-electron chi connectivity index (χ4n) is 3.17. The van der Waals surface area contributed by atoms with E-state index in [1.165, 1.54) is 22.4 Å². The second-order valence-corrected chi connectivity index (χ2v) is 7.07. The molecule has 6 heteroatoms. The Labute approximate surface area is 155 Å². The quantitative estimate of drug-likeness (QED) is 0.710. The highest BCUT2D eigenvalue weighted by molar-refractivity contribution is 7.16. The number of para-hydroxylation sites is 3. The number of aromatic nitrogens is 1. The van der Waals surface area contributed by atoms with Crippen molar-refractivity contribution in [1.29, 1.82) is 0 Å². The van der Waals surface area contributed by atoms with E-state index in [9.17, 15) is 4.79 Å². The van der Waals surface area contributed by atoms with Crippen LogP contribution in [0.15, 0.2) is 47.5 Å². The van der Waals surface area contributed by atoms with Crippen LogP contribution < -0.4 is 14.3 Å². The summed E-state index contributed by atoms with van der Waals surface area (Å²) in [7, 11) is 0. The predicted molar refractivity (Wildman–Crippen MR) is 102 cm³/mol. The summed E-state index contributed by atoms with van der Waals surface area (Å²) in [6, 6.07) is 13.6.